The van der Waals surface area contributed by atoms with E-state index in [1.807, 2.05) is 0 Å². The van der Waals surface area contributed by atoms with Gasteiger partial charge in [0.1, 0.15) is 12.2 Å². The first-order chi connectivity index (χ1) is 19.5. The molecule has 5 rings (SSSR count). The van der Waals surface area contributed by atoms with Crippen molar-refractivity contribution in [3.63, 3.8) is 0 Å². The quantitative estimate of drug-likeness (QED) is 0.364. The molecule has 0 radical (unpaired) electrons. The summed E-state index contributed by atoms with van der Waals surface area (Å²) in [5, 5.41) is 7.35. The minimum atomic E-state index is -0.142. The Kier molecular flexibility index (Phi) is 9.18. The Labute approximate surface area is 255 Å². The predicted molar refractivity (Wildman–Crippen MR) is 165 cm³/mol. The molecule has 5 aliphatic rings. The summed E-state index contributed by atoms with van der Waals surface area (Å²) in [4.78, 5) is 26.3. The van der Waals surface area contributed by atoms with Gasteiger partial charge in [0, 0.05) is 47.8 Å². The van der Waals surface area contributed by atoms with Crippen LogP contribution in [0.5, 0.6) is 0 Å². The number of rotatable bonds is 5. The maximum atomic E-state index is 13.2. The molecule has 3 heterocycles. The van der Waals surface area contributed by atoms with E-state index in [0.29, 0.717) is 24.4 Å². The van der Waals surface area contributed by atoms with E-state index in [2.05, 4.69) is 66.0 Å². The largest absolute Gasteiger partial charge is 0.462 e. The summed E-state index contributed by atoms with van der Waals surface area (Å²) in [6.45, 7) is 18.1. The van der Waals surface area contributed by atoms with Crippen molar-refractivity contribution in [1.29, 1.82) is 0 Å². The lowest BCUT2D eigenvalue weighted by atomic mass is 9.63. The van der Waals surface area contributed by atoms with Gasteiger partial charge in [-0.15, -0.1) is 0 Å². The number of piperidine rings is 2. The molecule has 5 fully saturated rings. The van der Waals surface area contributed by atoms with Crippen molar-refractivity contribution in [3.05, 3.63) is 0 Å². The molecule has 3 aliphatic heterocycles. The van der Waals surface area contributed by atoms with E-state index in [0.717, 1.165) is 57.8 Å². The maximum absolute atomic E-state index is 13.2. The van der Waals surface area contributed by atoms with Crippen molar-refractivity contribution in [2.45, 2.75) is 173 Å². The highest BCUT2D eigenvalue weighted by Crippen LogP contribution is 2.47. The first kappa shape index (κ1) is 32.2. The molecule has 0 amide bonds. The van der Waals surface area contributed by atoms with E-state index in [1.165, 1.54) is 19.3 Å². The van der Waals surface area contributed by atoms with Gasteiger partial charge in [0.15, 0.2) is 0 Å². The van der Waals surface area contributed by atoms with Crippen LogP contribution in [0.25, 0.3) is 0 Å². The van der Waals surface area contributed by atoms with Gasteiger partial charge in [0.05, 0.1) is 24.5 Å². The Morgan fingerprint density at radius 2 is 1.00 bits per heavy atom. The Morgan fingerprint density at radius 3 is 1.50 bits per heavy atom. The van der Waals surface area contributed by atoms with Gasteiger partial charge in [-0.1, -0.05) is 0 Å². The van der Waals surface area contributed by atoms with Crippen molar-refractivity contribution < 1.29 is 23.8 Å². The molecule has 7 heteroatoms. The van der Waals surface area contributed by atoms with Crippen molar-refractivity contribution in [2.24, 2.45) is 29.6 Å². The van der Waals surface area contributed by atoms with Crippen LogP contribution in [0.2, 0.25) is 0 Å². The predicted octanol–water partition coefficient (Wildman–Crippen LogP) is 6.32. The summed E-state index contributed by atoms with van der Waals surface area (Å²) in [6.07, 6.45) is 12.1. The van der Waals surface area contributed by atoms with Gasteiger partial charge >= 0.3 is 11.9 Å². The highest BCUT2D eigenvalue weighted by atomic mass is 16.6. The summed E-state index contributed by atoms with van der Waals surface area (Å²) < 4.78 is 18.6. The molecule has 6 unspecified atom stereocenters. The molecular weight excluding hydrogens is 528 g/mol. The van der Waals surface area contributed by atoms with Gasteiger partial charge in [0.2, 0.25) is 0 Å². The normalized spacial score (nSPS) is 38.2. The smallest absolute Gasteiger partial charge is 0.311 e. The van der Waals surface area contributed by atoms with Crippen molar-refractivity contribution in [2.75, 3.05) is 6.61 Å². The van der Waals surface area contributed by atoms with E-state index < -0.39 is 0 Å². The fraction of sp³-hybridized carbons (Fsp3) is 0.943. The van der Waals surface area contributed by atoms with E-state index >= 15 is 0 Å². The number of carbonyl (C=O) groups is 2. The fourth-order valence-corrected chi connectivity index (χ4v) is 9.95. The van der Waals surface area contributed by atoms with Crippen LogP contribution in [-0.4, -0.2) is 59.0 Å². The van der Waals surface area contributed by atoms with Crippen LogP contribution in [0.4, 0.5) is 0 Å². The molecule has 2 aliphatic carbocycles. The Hall–Kier alpha value is -1.18. The molecule has 0 aromatic carbocycles. The van der Waals surface area contributed by atoms with E-state index in [-0.39, 0.29) is 64.2 Å². The molecular formula is C35H60N2O5. The average molecular weight is 589 g/mol. The first-order valence-electron chi connectivity index (χ1n) is 17.1. The van der Waals surface area contributed by atoms with Crippen LogP contribution in [-0.2, 0) is 23.8 Å². The zero-order valence-corrected chi connectivity index (χ0v) is 27.9. The lowest BCUT2D eigenvalue weighted by Crippen LogP contribution is -2.60. The number of hydrogen-bond donors (Lipinski definition) is 2. The number of hydrogen-bond acceptors (Lipinski definition) is 7. The molecule has 0 aromatic rings. The first-order valence-corrected chi connectivity index (χ1v) is 17.1. The lowest BCUT2D eigenvalue weighted by molar-refractivity contribution is -0.167. The highest BCUT2D eigenvalue weighted by molar-refractivity contribution is 5.73. The molecule has 0 spiro atoms. The molecule has 2 N–H and O–H groups in total. The number of ether oxygens (including phenoxy) is 3. The summed E-state index contributed by atoms with van der Waals surface area (Å²) in [5.74, 6) is 1.75. The summed E-state index contributed by atoms with van der Waals surface area (Å²) >= 11 is 0. The van der Waals surface area contributed by atoms with Crippen molar-refractivity contribution in [1.82, 2.24) is 10.6 Å². The van der Waals surface area contributed by atoms with Gasteiger partial charge in [-0.2, -0.15) is 0 Å². The second kappa shape index (κ2) is 12.0. The monoisotopic (exact) mass is 588 g/mol. The van der Waals surface area contributed by atoms with E-state index in [9.17, 15) is 9.59 Å². The summed E-state index contributed by atoms with van der Waals surface area (Å²) in [6, 6.07) is 0. The third-order valence-corrected chi connectivity index (χ3v) is 11.0. The molecule has 0 bridgehead atoms. The Morgan fingerprint density at radius 1 is 0.571 bits per heavy atom. The maximum Gasteiger partial charge on any atom is 0.311 e. The van der Waals surface area contributed by atoms with E-state index in [4.69, 9.17) is 14.2 Å². The number of fused-ring (bicyclic) bond motifs is 1. The second-order valence-electron chi connectivity index (χ2n) is 17.5. The molecule has 42 heavy (non-hydrogen) atoms. The van der Waals surface area contributed by atoms with Crippen LogP contribution in [0, 0.1) is 29.6 Å². The summed E-state index contributed by atoms with van der Waals surface area (Å²) in [5.41, 5.74) is -0.126. The van der Waals surface area contributed by atoms with Crippen LogP contribution < -0.4 is 10.6 Å². The molecule has 2 saturated carbocycles. The van der Waals surface area contributed by atoms with Crippen LogP contribution in [0.3, 0.4) is 0 Å². The highest BCUT2D eigenvalue weighted by Gasteiger charge is 2.45. The molecule has 0 aromatic heterocycles. The zero-order valence-electron chi connectivity index (χ0n) is 27.9. The van der Waals surface area contributed by atoms with Gasteiger partial charge in [-0.05, 0) is 125 Å². The number of nitrogens with one attached hydrogen (secondary N) is 2. The average Bonchev–Trinajstić information content (AvgIpc) is 2.84. The number of esters is 2. The van der Waals surface area contributed by atoms with E-state index in [1.54, 1.807) is 0 Å². The molecule has 6 atom stereocenters. The Balaban J connectivity index is 1.05. The van der Waals surface area contributed by atoms with Crippen LogP contribution >= 0.6 is 0 Å². The van der Waals surface area contributed by atoms with Crippen molar-refractivity contribution in [3.8, 4) is 0 Å². The topological polar surface area (TPSA) is 85.9 Å². The summed E-state index contributed by atoms with van der Waals surface area (Å²) in [7, 11) is 0. The van der Waals surface area contributed by atoms with Gasteiger partial charge in [-0.25, -0.2) is 0 Å². The van der Waals surface area contributed by atoms with Gasteiger partial charge in [-0.3, -0.25) is 9.59 Å². The number of carbonyl (C=O) groups excluding carboxylic acids is 2. The molecule has 240 valence electrons. The van der Waals surface area contributed by atoms with Crippen LogP contribution in [0.1, 0.15) is 132 Å². The SMILES string of the molecule is CC1(C)CC(OC(=O)C2CCC(C3CCC4CC(C(=O)OC5CC(C)(C)NC(C)(C)C5)CCC4C3)OC2)CC(C)(C)N1. The second-order valence-corrected chi connectivity index (χ2v) is 17.5. The standard InChI is InChI=1S/C35H60N2O5/c1-32(2)17-27(18-33(3,4)36-32)41-30(38)25-12-10-22-15-24(11-9-23(22)16-25)29-14-13-26(21-40-29)31(39)42-28-19-34(5,6)37-35(7,8)20-28/h22-29,36-37H,9-21H2,1-8H3. The minimum absolute atomic E-state index is 0.000120. The lowest BCUT2D eigenvalue weighted by Gasteiger charge is -2.47. The molecule has 7 nitrogen and oxygen atoms in total. The van der Waals surface area contributed by atoms with Crippen molar-refractivity contribution >= 4 is 11.9 Å². The zero-order chi connectivity index (χ0) is 30.5. The molecule has 3 saturated heterocycles. The minimum Gasteiger partial charge on any atom is -0.462 e. The van der Waals surface area contributed by atoms with Crippen LogP contribution in [0.15, 0.2) is 0 Å². The Bertz CT molecular complexity index is 947. The third-order valence-electron chi connectivity index (χ3n) is 11.0. The van der Waals surface area contributed by atoms with Gasteiger partial charge in [0.25, 0.3) is 0 Å². The van der Waals surface area contributed by atoms with Gasteiger partial charge < -0.3 is 24.8 Å². The fourth-order valence-electron chi connectivity index (χ4n) is 9.95. The third kappa shape index (κ3) is 8.10.